The molecule has 1 atom stereocenters. The second-order valence-electron chi connectivity index (χ2n) is 4.04. The number of thiophene rings is 1. The molecule has 1 aromatic rings. The van der Waals surface area contributed by atoms with Crippen LogP contribution in [0, 0.1) is 5.92 Å². The van der Waals surface area contributed by atoms with Gasteiger partial charge in [-0.1, -0.05) is 6.07 Å². The molecule has 1 unspecified atom stereocenters. The van der Waals surface area contributed by atoms with Crippen LogP contribution in [0.1, 0.15) is 12.8 Å². The van der Waals surface area contributed by atoms with E-state index in [4.69, 9.17) is 5.73 Å². The summed E-state index contributed by atoms with van der Waals surface area (Å²) >= 11 is 1.27. The van der Waals surface area contributed by atoms with Crippen LogP contribution in [0.5, 0.6) is 0 Å². The lowest BCUT2D eigenvalue weighted by atomic mass is 10.0. The van der Waals surface area contributed by atoms with Crippen LogP contribution < -0.4 is 5.73 Å². The van der Waals surface area contributed by atoms with Gasteiger partial charge in [0, 0.05) is 13.1 Å². The van der Waals surface area contributed by atoms with Gasteiger partial charge in [-0.05, 0) is 36.8 Å². The Morgan fingerprint density at radius 3 is 2.88 bits per heavy atom. The zero-order valence-corrected chi connectivity index (χ0v) is 11.9. The normalized spacial score (nSPS) is 22.1. The molecule has 0 bridgehead atoms. The summed E-state index contributed by atoms with van der Waals surface area (Å²) in [5.74, 6) is 0.309. The fourth-order valence-electron chi connectivity index (χ4n) is 1.98. The third-order valence-electron chi connectivity index (χ3n) is 2.90. The Labute approximate surface area is 112 Å². The first-order valence-electron chi connectivity index (χ1n) is 5.38. The number of hydrogen-bond acceptors (Lipinski definition) is 4. The van der Waals surface area contributed by atoms with E-state index in [-0.39, 0.29) is 12.4 Å². The number of rotatable bonds is 3. The second kappa shape index (κ2) is 6.15. The van der Waals surface area contributed by atoms with Gasteiger partial charge in [-0.3, -0.25) is 0 Å². The van der Waals surface area contributed by atoms with Gasteiger partial charge in [0.05, 0.1) is 0 Å². The van der Waals surface area contributed by atoms with Crippen LogP contribution in [0.4, 0.5) is 0 Å². The summed E-state index contributed by atoms with van der Waals surface area (Å²) in [6, 6.07) is 3.42. The predicted molar refractivity (Wildman–Crippen MR) is 72.1 cm³/mol. The van der Waals surface area contributed by atoms with Crippen molar-refractivity contribution < 1.29 is 8.42 Å². The van der Waals surface area contributed by atoms with Crippen LogP contribution in [0.2, 0.25) is 0 Å². The summed E-state index contributed by atoms with van der Waals surface area (Å²) in [5.41, 5.74) is 5.61. The SMILES string of the molecule is Cl.NCC1CCCN(S(=O)(=O)c2cccs2)C1. The van der Waals surface area contributed by atoms with Gasteiger partial charge in [0.2, 0.25) is 0 Å². The molecule has 2 N–H and O–H groups in total. The lowest BCUT2D eigenvalue weighted by Gasteiger charge is -2.30. The molecule has 4 nitrogen and oxygen atoms in total. The highest BCUT2D eigenvalue weighted by Gasteiger charge is 2.30. The first-order chi connectivity index (χ1) is 7.64. The maximum Gasteiger partial charge on any atom is 0.252 e. The molecule has 1 fully saturated rings. The van der Waals surface area contributed by atoms with Crippen molar-refractivity contribution in [3.63, 3.8) is 0 Å². The Morgan fingerprint density at radius 2 is 2.29 bits per heavy atom. The number of sulfonamides is 1. The monoisotopic (exact) mass is 296 g/mol. The predicted octanol–water partition coefficient (Wildman–Crippen LogP) is 1.53. The van der Waals surface area contributed by atoms with Gasteiger partial charge in [-0.25, -0.2) is 8.42 Å². The minimum atomic E-state index is -3.27. The molecule has 0 aliphatic carbocycles. The molecule has 0 aromatic carbocycles. The van der Waals surface area contributed by atoms with Gasteiger partial charge in [0.15, 0.2) is 0 Å². The third kappa shape index (κ3) is 3.20. The molecule has 7 heteroatoms. The number of halogens is 1. The van der Waals surface area contributed by atoms with E-state index in [0.29, 0.717) is 29.8 Å². The number of piperidine rings is 1. The molecular formula is C10H17ClN2O2S2. The molecule has 0 radical (unpaired) electrons. The van der Waals surface area contributed by atoms with Crippen LogP contribution in [0.15, 0.2) is 21.7 Å². The summed E-state index contributed by atoms with van der Waals surface area (Å²) in [6.07, 6.45) is 1.94. The van der Waals surface area contributed by atoms with Crippen molar-refractivity contribution in [1.82, 2.24) is 4.31 Å². The maximum atomic E-state index is 12.2. The van der Waals surface area contributed by atoms with Crippen LogP contribution in [0.3, 0.4) is 0 Å². The van der Waals surface area contributed by atoms with Crippen LogP contribution in [-0.2, 0) is 10.0 Å². The first-order valence-corrected chi connectivity index (χ1v) is 7.70. The molecule has 0 spiro atoms. The lowest BCUT2D eigenvalue weighted by Crippen LogP contribution is -2.41. The summed E-state index contributed by atoms with van der Waals surface area (Å²) < 4.78 is 26.4. The summed E-state index contributed by atoms with van der Waals surface area (Å²) in [7, 11) is -3.27. The van der Waals surface area contributed by atoms with Gasteiger partial charge in [0.1, 0.15) is 4.21 Å². The Balaban J connectivity index is 0.00000144. The Kier molecular flexibility index (Phi) is 5.40. The van der Waals surface area contributed by atoms with Gasteiger partial charge in [-0.15, -0.1) is 23.7 Å². The number of hydrogen-bond donors (Lipinski definition) is 1. The van der Waals surface area contributed by atoms with Crippen LogP contribution in [-0.4, -0.2) is 32.4 Å². The highest BCUT2D eigenvalue weighted by atomic mass is 35.5. The highest BCUT2D eigenvalue weighted by molar-refractivity contribution is 7.91. The van der Waals surface area contributed by atoms with E-state index in [2.05, 4.69) is 0 Å². The van der Waals surface area contributed by atoms with E-state index in [0.717, 1.165) is 12.8 Å². The summed E-state index contributed by atoms with van der Waals surface area (Å²) in [6.45, 7) is 1.75. The van der Waals surface area contributed by atoms with E-state index in [9.17, 15) is 8.42 Å². The molecule has 1 aliphatic rings. The zero-order chi connectivity index (χ0) is 11.6. The van der Waals surface area contributed by atoms with Crippen molar-refractivity contribution >= 4 is 33.8 Å². The standard InChI is InChI=1S/C10H16N2O2S2.ClH/c11-7-9-3-1-5-12(8-9)16(13,14)10-4-2-6-15-10;/h2,4,6,9H,1,3,5,7-8,11H2;1H. The smallest absolute Gasteiger partial charge is 0.252 e. The van der Waals surface area contributed by atoms with E-state index in [1.807, 2.05) is 0 Å². The van der Waals surface area contributed by atoms with Crippen LogP contribution >= 0.6 is 23.7 Å². The number of nitrogens with zero attached hydrogens (tertiary/aromatic N) is 1. The Bertz CT molecular complexity index is 433. The molecular weight excluding hydrogens is 280 g/mol. The largest absolute Gasteiger partial charge is 0.330 e. The van der Waals surface area contributed by atoms with E-state index in [1.54, 1.807) is 21.8 Å². The number of nitrogens with two attached hydrogens (primary N) is 1. The Hall–Kier alpha value is -0.140. The average Bonchev–Trinajstić information content (AvgIpc) is 2.83. The van der Waals surface area contributed by atoms with Gasteiger partial charge >= 0.3 is 0 Å². The average molecular weight is 297 g/mol. The highest BCUT2D eigenvalue weighted by Crippen LogP contribution is 2.25. The molecule has 0 saturated carbocycles. The van der Waals surface area contributed by atoms with Crippen molar-refractivity contribution in [1.29, 1.82) is 0 Å². The summed E-state index contributed by atoms with van der Waals surface area (Å²) in [4.78, 5) is 0. The van der Waals surface area contributed by atoms with Crippen molar-refractivity contribution in [2.75, 3.05) is 19.6 Å². The van der Waals surface area contributed by atoms with E-state index < -0.39 is 10.0 Å². The fraction of sp³-hybridized carbons (Fsp3) is 0.600. The molecule has 2 rings (SSSR count). The quantitative estimate of drug-likeness (QED) is 0.920. The molecule has 98 valence electrons. The topological polar surface area (TPSA) is 63.4 Å². The molecule has 17 heavy (non-hydrogen) atoms. The van der Waals surface area contributed by atoms with Gasteiger partial charge < -0.3 is 5.73 Å². The fourth-order valence-corrected chi connectivity index (χ4v) is 4.67. The maximum absolute atomic E-state index is 12.2. The van der Waals surface area contributed by atoms with E-state index >= 15 is 0 Å². The zero-order valence-electron chi connectivity index (χ0n) is 9.41. The summed E-state index contributed by atoms with van der Waals surface area (Å²) in [5, 5.41) is 1.79. The molecule has 1 saturated heterocycles. The lowest BCUT2D eigenvalue weighted by molar-refractivity contribution is 0.272. The third-order valence-corrected chi connectivity index (χ3v) is 6.14. The van der Waals surface area contributed by atoms with Crippen molar-refractivity contribution in [3.05, 3.63) is 17.5 Å². The Morgan fingerprint density at radius 1 is 1.53 bits per heavy atom. The first kappa shape index (κ1) is 14.9. The molecule has 0 amide bonds. The molecule has 2 heterocycles. The van der Waals surface area contributed by atoms with Gasteiger partial charge in [0.25, 0.3) is 10.0 Å². The second-order valence-corrected chi connectivity index (χ2v) is 7.15. The minimum absolute atomic E-state index is 0. The van der Waals surface area contributed by atoms with Crippen molar-refractivity contribution in [2.45, 2.75) is 17.1 Å². The van der Waals surface area contributed by atoms with Crippen molar-refractivity contribution in [3.8, 4) is 0 Å². The van der Waals surface area contributed by atoms with Crippen LogP contribution in [0.25, 0.3) is 0 Å². The minimum Gasteiger partial charge on any atom is -0.330 e. The van der Waals surface area contributed by atoms with E-state index in [1.165, 1.54) is 11.3 Å². The van der Waals surface area contributed by atoms with Gasteiger partial charge in [-0.2, -0.15) is 4.31 Å². The molecule has 1 aliphatic heterocycles. The van der Waals surface area contributed by atoms with Crippen molar-refractivity contribution in [2.24, 2.45) is 11.7 Å². The molecule has 1 aromatic heterocycles.